The fraction of sp³-hybridized carbons (Fsp3) is 1.00. The van der Waals surface area contributed by atoms with E-state index >= 15 is 0 Å². The summed E-state index contributed by atoms with van der Waals surface area (Å²) in [4.78, 5) is 5.48. The van der Waals surface area contributed by atoms with Crippen LogP contribution in [-0.2, 0) is 0 Å². The summed E-state index contributed by atoms with van der Waals surface area (Å²) < 4.78 is 0. The minimum absolute atomic E-state index is 0.465. The molecule has 3 heteroatoms. The molecule has 2 nitrogen and oxygen atoms in total. The Morgan fingerprint density at radius 3 is 2.25 bits per heavy atom. The van der Waals surface area contributed by atoms with E-state index in [0.29, 0.717) is 5.41 Å². The molecule has 2 saturated heterocycles. The summed E-state index contributed by atoms with van der Waals surface area (Å²) in [5.74, 6) is 1.06. The minimum atomic E-state index is 0.465. The van der Waals surface area contributed by atoms with Gasteiger partial charge in [-0.05, 0) is 62.9 Å². The molecule has 0 amide bonds. The lowest BCUT2D eigenvalue weighted by atomic mass is 9.80. The lowest BCUT2D eigenvalue weighted by molar-refractivity contribution is 0.156. The van der Waals surface area contributed by atoms with E-state index in [1.165, 1.54) is 77.7 Å². The van der Waals surface area contributed by atoms with Gasteiger partial charge >= 0.3 is 0 Å². The Bertz CT molecular complexity index is 270. The number of hydrogen-bond donors (Lipinski definition) is 1. The standard InChI is InChI=1S/C17H34N2S/c1-3-8-17(15-20,9-4-2)14-18-12-7-16(13-18)19-10-5-6-11-19/h16,20H,3-15H2,1-2H3. The summed E-state index contributed by atoms with van der Waals surface area (Å²) in [6, 6.07) is 0.846. The van der Waals surface area contributed by atoms with Gasteiger partial charge in [0.05, 0.1) is 0 Å². The Kier molecular flexibility index (Phi) is 6.70. The van der Waals surface area contributed by atoms with Crippen LogP contribution in [0.2, 0.25) is 0 Å². The van der Waals surface area contributed by atoms with Crippen molar-refractivity contribution in [3.63, 3.8) is 0 Å². The van der Waals surface area contributed by atoms with Crippen molar-refractivity contribution in [3.05, 3.63) is 0 Å². The molecular formula is C17H34N2S. The molecule has 118 valence electrons. The molecule has 0 saturated carbocycles. The minimum Gasteiger partial charge on any atom is -0.301 e. The summed E-state index contributed by atoms with van der Waals surface area (Å²) in [6.45, 7) is 11.2. The lowest BCUT2D eigenvalue weighted by Crippen LogP contribution is -2.40. The summed E-state index contributed by atoms with van der Waals surface area (Å²) in [5.41, 5.74) is 0.465. The van der Waals surface area contributed by atoms with Crippen LogP contribution in [0, 0.1) is 5.41 Å². The first-order valence-corrected chi connectivity index (χ1v) is 9.43. The first-order valence-electron chi connectivity index (χ1n) is 8.80. The first kappa shape index (κ1) is 16.6. The Morgan fingerprint density at radius 2 is 1.70 bits per heavy atom. The van der Waals surface area contributed by atoms with E-state index in [-0.39, 0.29) is 0 Å². The number of nitrogens with zero attached hydrogens (tertiary/aromatic N) is 2. The van der Waals surface area contributed by atoms with Gasteiger partial charge < -0.3 is 4.90 Å². The van der Waals surface area contributed by atoms with Gasteiger partial charge in [0.25, 0.3) is 0 Å². The van der Waals surface area contributed by atoms with Gasteiger partial charge in [0.2, 0.25) is 0 Å². The first-order chi connectivity index (χ1) is 9.73. The van der Waals surface area contributed by atoms with Gasteiger partial charge in [-0.2, -0.15) is 12.6 Å². The van der Waals surface area contributed by atoms with E-state index in [1.54, 1.807) is 0 Å². The van der Waals surface area contributed by atoms with Gasteiger partial charge in [0.1, 0.15) is 0 Å². The van der Waals surface area contributed by atoms with Crippen LogP contribution in [0.15, 0.2) is 0 Å². The molecule has 2 aliphatic heterocycles. The Hall–Kier alpha value is 0.270. The number of rotatable bonds is 8. The van der Waals surface area contributed by atoms with Crippen LogP contribution in [0.5, 0.6) is 0 Å². The zero-order valence-electron chi connectivity index (χ0n) is 13.6. The van der Waals surface area contributed by atoms with Crippen LogP contribution in [0.4, 0.5) is 0 Å². The molecule has 2 aliphatic rings. The number of hydrogen-bond acceptors (Lipinski definition) is 3. The van der Waals surface area contributed by atoms with Crippen molar-refractivity contribution in [1.82, 2.24) is 9.80 Å². The van der Waals surface area contributed by atoms with Crippen LogP contribution in [0.1, 0.15) is 58.8 Å². The molecule has 0 aromatic carbocycles. The highest BCUT2D eigenvalue weighted by Crippen LogP contribution is 2.34. The summed E-state index contributed by atoms with van der Waals surface area (Å²) in [5, 5.41) is 0. The van der Waals surface area contributed by atoms with E-state index in [4.69, 9.17) is 12.6 Å². The van der Waals surface area contributed by atoms with Crippen LogP contribution in [0.3, 0.4) is 0 Å². The largest absolute Gasteiger partial charge is 0.301 e. The third-order valence-corrected chi connectivity index (χ3v) is 6.03. The van der Waals surface area contributed by atoms with Crippen molar-refractivity contribution in [2.45, 2.75) is 64.8 Å². The van der Waals surface area contributed by atoms with E-state index in [9.17, 15) is 0 Å². The molecule has 2 heterocycles. The fourth-order valence-corrected chi connectivity index (χ4v) is 4.80. The van der Waals surface area contributed by atoms with Crippen LogP contribution >= 0.6 is 12.6 Å². The molecule has 20 heavy (non-hydrogen) atoms. The summed E-state index contributed by atoms with van der Waals surface area (Å²) in [6.07, 6.45) is 9.50. The van der Waals surface area contributed by atoms with Crippen molar-refractivity contribution < 1.29 is 0 Å². The normalized spacial score (nSPS) is 25.6. The zero-order valence-corrected chi connectivity index (χ0v) is 14.5. The molecule has 0 aliphatic carbocycles. The fourth-order valence-electron chi connectivity index (χ4n) is 4.39. The van der Waals surface area contributed by atoms with Crippen LogP contribution in [-0.4, -0.2) is 54.3 Å². The highest BCUT2D eigenvalue weighted by Gasteiger charge is 2.34. The zero-order chi connectivity index (χ0) is 14.4. The third kappa shape index (κ3) is 4.14. The monoisotopic (exact) mass is 298 g/mol. The maximum absolute atomic E-state index is 4.71. The van der Waals surface area contributed by atoms with Crippen molar-refractivity contribution >= 4 is 12.6 Å². The molecule has 0 radical (unpaired) electrons. The highest BCUT2D eigenvalue weighted by atomic mass is 32.1. The Balaban J connectivity index is 1.87. The topological polar surface area (TPSA) is 6.48 Å². The van der Waals surface area contributed by atoms with E-state index in [1.807, 2.05) is 0 Å². The quantitative estimate of drug-likeness (QED) is 0.683. The van der Waals surface area contributed by atoms with E-state index in [0.717, 1.165) is 11.8 Å². The highest BCUT2D eigenvalue weighted by molar-refractivity contribution is 7.80. The molecule has 2 rings (SSSR count). The molecular weight excluding hydrogens is 264 g/mol. The van der Waals surface area contributed by atoms with Gasteiger partial charge in [-0.15, -0.1) is 0 Å². The van der Waals surface area contributed by atoms with Crippen molar-refractivity contribution in [1.29, 1.82) is 0 Å². The molecule has 2 fully saturated rings. The second-order valence-corrected chi connectivity index (χ2v) is 7.40. The smallest absolute Gasteiger partial charge is 0.0235 e. The second kappa shape index (κ2) is 8.05. The molecule has 0 aromatic rings. The summed E-state index contributed by atoms with van der Waals surface area (Å²) >= 11 is 4.71. The van der Waals surface area contributed by atoms with Crippen LogP contribution in [0.25, 0.3) is 0 Å². The molecule has 0 N–H and O–H groups in total. The van der Waals surface area contributed by atoms with Crippen molar-refractivity contribution in [2.75, 3.05) is 38.5 Å². The molecule has 0 bridgehead atoms. The number of likely N-dealkylation sites (tertiary alicyclic amines) is 2. The second-order valence-electron chi connectivity index (χ2n) is 7.08. The predicted molar refractivity (Wildman–Crippen MR) is 91.8 cm³/mol. The Morgan fingerprint density at radius 1 is 1.05 bits per heavy atom. The third-order valence-electron chi connectivity index (χ3n) is 5.36. The molecule has 1 unspecified atom stereocenters. The van der Waals surface area contributed by atoms with E-state index < -0.39 is 0 Å². The molecule has 0 aromatic heterocycles. The maximum Gasteiger partial charge on any atom is 0.0235 e. The van der Waals surface area contributed by atoms with Gasteiger partial charge in [0.15, 0.2) is 0 Å². The van der Waals surface area contributed by atoms with E-state index in [2.05, 4.69) is 23.6 Å². The predicted octanol–water partition coefficient (Wildman–Crippen LogP) is 3.67. The lowest BCUT2D eigenvalue weighted by Gasteiger charge is -2.36. The van der Waals surface area contributed by atoms with Gasteiger partial charge in [-0.1, -0.05) is 26.7 Å². The van der Waals surface area contributed by atoms with Gasteiger partial charge in [0, 0.05) is 19.1 Å². The maximum atomic E-state index is 4.71. The van der Waals surface area contributed by atoms with Gasteiger partial charge in [-0.3, -0.25) is 4.90 Å². The van der Waals surface area contributed by atoms with Crippen LogP contribution < -0.4 is 0 Å². The Labute approximate surface area is 131 Å². The molecule has 1 atom stereocenters. The molecule has 0 spiro atoms. The average molecular weight is 299 g/mol. The van der Waals surface area contributed by atoms with Crippen molar-refractivity contribution in [2.24, 2.45) is 5.41 Å². The number of thiol groups is 1. The van der Waals surface area contributed by atoms with Crippen molar-refractivity contribution in [3.8, 4) is 0 Å². The summed E-state index contributed by atoms with van der Waals surface area (Å²) in [7, 11) is 0. The van der Waals surface area contributed by atoms with Gasteiger partial charge in [-0.25, -0.2) is 0 Å². The average Bonchev–Trinajstić information content (AvgIpc) is 3.09. The SMILES string of the molecule is CCCC(CS)(CCC)CN1CCC(N2CCCC2)C1.